The van der Waals surface area contributed by atoms with Crippen molar-refractivity contribution in [1.82, 2.24) is 4.90 Å². The number of aliphatic carboxylic acids is 1. The molecule has 1 saturated heterocycles. The van der Waals surface area contributed by atoms with Crippen LogP contribution in [-0.2, 0) is 9.59 Å². The Morgan fingerprint density at radius 1 is 1.33 bits per heavy atom. The van der Waals surface area contributed by atoms with Crippen LogP contribution < -0.4 is 4.74 Å². The van der Waals surface area contributed by atoms with Crippen molar-refractivity contribution in [1.29, 1.82) is 0 Å². The van der Waals surface area contributed by atoms with E-state index in [2.05, 4.69) is 0 Å². The van der Waals surface area contributed by atoms with Crippen molar-refractivity contribution in [3.8, 4) is 5.75 Å². The highest BCUT2D eigenvalue weighted by molar-refractivity contribution is 6.30. The van der Waals surface area contributed by atoms with Crippen LogP contribution in [-0.4, -0.2) is 40.6 Å². The van der Waals surface area contributed by atoms with Gasteiger partial charge in [-0.3, -0.25) is 9.59 Å². The summed E-state index contributed by atoms with van der Waals surface area (Å²) in [6, 6.07) is 6.77. The molecule has 1 fully saturated rings. The third-order valence-corrected chi connectivity index (χ3v) is 3.78. The van der Waals surface area contributed by atoms with E-state index in [4.69, 9.17) is 21.4 Å². The Morgan fingerprint density at radius 2 is 1.95 bits per heavy atom. The SMILES string of the molecule is CC(C)(Oc1ccc(Cl)cc1)C(=O)N1CCC(C(=O)O)C1. The number of amides is 1. The lowest BCUT2D eigenvalue weighted by Crippen LogP contribution is -2.48. The number of likely N-dealkylation sites (tertiary alicyclic amines) is 1. The number of carboxylic acid groups (broad SMARTS) is 1. The van der Waals surface area contributed by atoms with Gasteiger partial charge in [0.1, 0.15) is 5.75 Å². The molecule has 1 aliphatic rings. The molecule has 1 aromatic carbocycles. The molecule has 1 amide bonds. The molecule has 0 radical (unpaired) electrons. The van der Waals surface area contributed by atoms with Gasteiger partial charge in [-0.25, -0.2) is 0 Å². The molecule has 0 spiro atoms. The smallest absolute Gasteiger partial charge is 0.308 e. The van der Waals surface area contributed by atoms with Crippen LogP contribution in [0.25, 0.3) is 0 Å². The van der Waals surface area contributed by atoms with Crippen molar-refractivity contribution in [2.45, 2.75) is 25.9 Å². The van der Waals surface area contributed by atoms with E-state index in [1.54, 1.807) is 43.0 Å². The molecule has 0 saturated carbocycles. The Bertz CT molecular complexity index is 541. The largest absolute Gasteiger partial charge is 0.481 e. The molecule has 1 aliphatic heterocycles. The molecule has 21 heavy (non-hydrogen) atoms. The monoisotopic (exact) mass is 311 g/mol. The first-order valence-corrected chi connectivity index (χ1v) is 7.14. The van der Waals surface area contributed by atoms with Gasteiger partial charge in [0.2, 0.25) is 0 Å². The van der Waals surface area contributed by atoms with Gasteiger partial charge in [0.25, 0.3) is 5.91 Å². The quantitative estimate of drug-likeness (QED) is 0.927. The zero-order valence-corrected chi connectivity index (χ0v) is 12.8. The van der Waals surface area contributed by atoms with Gasteiger partial charge in [0.15, 0.2) is 5.60 Å². The Balaban J connectivity index is 2.03. The van der Waals surface area contributed by atoms with Crippen molar-refractivity contribution < 1.29 is 19.4 Å². The van der Waals surface area contributed by atoms with E-state index in [9.17, 15) is 9.59 Å². The first-order valence-electron chi connectivity index (χ1n) is 6.76. The van der Waals surface area contributed by atoms with Gasteiger partial charge in [-0.05, 0) is 44.5 Å². The minimum absolute atomic E-state index is 0.207. The fourth-order valence-electron chi connectivity index (χ4n) is 2.37. The van der Waals surface area contributed by atoms with E-state index < -0.39 is 17.5 Å². The van der Waals surface area contributed by atoms with Crippen molar-refractivity contribution >= 4 is 23.5 Å². The second-order valence-electron chi connectivity index (χ2n) is 5.64. The lowest BCUT2D eigenvalue weighted by atomic mass is 10.1. The average molecular weight is 312 g/mol. The Labute approximate surface area is 128 Å². The standard InChI is InChI=1S/C15H18ClNO4/c1-15(2,21-12-5-3-11(16)4-6-12)14(20)17-8-7-10(9-17)13(18)19/h3-6,10H,7-9H2,1-2H3,(H,18,19). The third kappa shape index (κ3) is 3.67. The van der Waals surface area contributed by atoms with Crippen molar-refractivity contribution in [3.63, 3.8) is 0 Å². The minimum Gasteiger partial charge on any atom is -0.481 e. The van der Waals surface area contributed by atoms with Crippen LogP contribution in [0, 0.1) is 5.92 Å². The summed E-state index contributed by atoms with van der Waals surface area (Å²) in [5.41, 5.74) is -1.05. The molecule has 6 heteroatoms. The van der Waals surface area contributed by atoms with Crippen LogP contribution in [0.1, 0.15) is 20.3 Å². The van der Waals surface area contributed by atoms with Crippen LogP contribution in [0.2, 0.25) is 5.02 Å². The van der Waals surface area contributed by atoms with Gasteiger partial charge in [-0.1, -0.05) is 11.6 Å². The molecule has 5 nitrogen and oxygen atoms in total. The molecule has 1 unspecified atom stereocenters. The summed E-state index contributed by atoms with van der Waals surface area (Å²) in [5.74, 6) is -1.00. The maximum absolute atomic E-state index is 12.5. The van der Waals surface area contributed by atoms with E-state index in [0.717, 1.165) is 0 Å². The summed E-state index contributed by atoms with van der Waals surface area (Å²) in [4.78, 5) is 25.0. The van der Waals surface area contributed by atoms with Crippen molar-refractivity contribution in [2.24, 2.45) is 5.92 Å². The van der Waals surface area contributed by atoms with E-state index >= 15 is 0 Å². The van der Waals surface area contributed by atoms with Gasteiger partial charge in [-0.15, -0.1) is 0 Å². The zero-order valence-electron chi connectivity index (χ0n) is 12.0. The summed E-state index contributed by atoms with van der Waals surface area (Å²) >= 11 is 5.81. The van der Waals surface area contributed by atoms with Crippen molar-refractivity contribution in [3.05, 3.63) is 29.3 Å². The van der Waals surface area contributed by atoms with Gasteiger partial charge in [0.05, 0.1) is 5.92 Å². The fourth-order valence-corrected chi connectivity index (χ4v) is 2.49. The summed E-state index contributed by atoms with van der Waals surface area (Å²) in [7, 11) is 0. The molecule has 0 aliphatic carbocycles. The van der Waals surface area contributed by atoms with Crippen LogP contribution in [0.3, 0.4) is 0 Å². The molecule has 1 aromatic rings. The molecule has 1 atom stereocenters. The van der Waals surface area contributed by atoms with Crippen LogP contribution in [0.4, 0.5) is 0 Å². The van der Waals surface area contributed by atoms with Crippen LogP contribution in [0.5, 0.6) is 5.75 Å². The van der Waals surface area contributed by atoms with Gasteiger partial charge < -0.3 is 14.7 Å². The number of hydrogen-bond acceptors (Lipinski definition) is 3. The highest BCUT2D eigenvalue weighted by Crippen LogP contribution is 2.25. The Hall–Kier alpha value is -1.75. The number of carbonyl (C=O) groups is 2. The highest BCUT2D eigenvalue weighted by Gasteiger charge is 2.39. The predicted octanol–water partition coefficient (Wildman–Crippen LogP) is 2.43. The molecular weight excluding hydrogens is 294 g/mol. The summed E-state index contributed by atoms with van der Waals surface area (Å²) in [5, 5.41) is 9.59. The number of carbonyl (C=O) groups excluding carboxylic acids is 1. The summed E-state index contributed by atoms with van der Waals surface area (Å²) < 4.78 is 5.73. The Morgan fingerprint density at radius 3 is 2.48 bits per heavy atom. The van der Waals surface area contributed by atoms with E-state index in [-0.39, 0.29) is 12.5 Å². The van der Waals surface area contributed by atoms with Gasteiger partial charge >= 0.3 is 5.97 Å². The van der Waals surface area contributed by atoms with E-state index in [1.165, 1.54) is 0 Å². The summed E-state index contributed by atoms with van der Waals surface area (Å²) in [6.45, 7) is 4.04. The maximum Gasteiger partial charge on any atom is 0.308 e. The first kappa shape index (κ1) is 15.6. The topological polar surface area (TPSA) is 66.8 Å². The van der Waals surface area contributed by atoms with E-state index in [0.29, 0.717) is 23.7 Å². The minimum atomic E-state index is -1.05. The molecule has 0 bridgehead atoms. The lowest BCUT2D eigenvalue weighted by Gasteiger charge is -2.30. The summed E-state index contributed by atoms with van der Waals surface area (Å²) in [6.07, 6.45) is 0.484. The Kier molecular flexibility index (Phi) is 4.42. The van der Waals surface area contributed by atoms with Crippen LogP contribution in [0.15, 0.2) is 24.3 Å². The zero-order chi connectivity index (χ0) is 15.6. The lowest BCUT2D eigenvalue weighted by molar-refractivity contribution is -0.145. The van der Waals surface area contributed by atoms with Gasteiger partial charge in [0, 0.05) is 18.1 Å². The number of hydrogen-bond donors (Lipinski definition) is 1. The second kappa shape index (κ2) is 5.93. The highest BCUT2D eigenvalue weighted by atomic mass is 35.5. The fraction of sp³-hybridized carbons (Fsp3) is 0.467. The number of rotatable bonds is 4. The molecule has 1 N–H and O–H groups in total. The average Bonchev–Trinajstić information content (AvgIpc) is 2.90. The molecule has 2 rings (SSSR count). The number of ether oxygens (including phenoxy) is 1. The maximum atomic E-state index is 12.5. The molecule has 1 heterocycles. The molecule has 114 valence electrons. The third-order valence-electron chi connectivity index (χ3n) is 3.53. The number of benzene rings is 1. The molecular formula is C15H18ClNO4. The second-order valence-corrected chi connectivity index (χ2v) is 6.08. The van der Waals surface area contributed by atoms with E-state index in [1.807, 2.05) is 0 Å². The first-order chi connectivity index (χ1) is 9.79. The predicted molar refractivity (Wildman–Crippen MR) is 78.5 cm³/mol. The normalized spacial score (nSPS) is 18.6. The number of nitrogens with zero attached hydrogens (tertiary/aromatic N) is 1. The van der Waals surface area contributed by atoms with Crippen LogP contribution >= 0.6 is 11.6 Å². The van der Waals surface area contributed by atoms with Crippen molar-refractivity contribution in [2.75, 3.05) is 13.1 Å². The molecule has 0 aromatic heterocycles. The van der Waals surface area contributed by atoms with Gasteiger partial charge in [-0.2, -0.15) is 0 Å². The number of halogens is 1. The number of carboxylic acids is 1.